The Morgan fingerprint density at radius 2 is 1.08 bits per heavy atom. The smallest absolute Gasteiger partial charge is 0.497 e. The van der Waals surface area contributed by atoms with Gasteiger partial charge in [-0.3, -0.25) is 4.79 Å². The molecule has 0 fully saturated rings. The van der Waals surface area contributed by atoms with Gasteiger partial charge in [-0.25, -0.2) is 4.79 Å². The normalized spacial score (nSPS) is 11.3. The van der Waals surface area contributed by atoms with Gasteiger partial charge in [0.1, 0.15) is 24.7 Å². The van der Waals surface area contributed by atoms with Crippen molar-refractivity contribution >= 4 is 40.8 Å². The zero-order chi connectivity index (χ0) is 36.7. The molecule has 5 aromatic rings. The summed E-state index contributed by atoms with van der Waals surface area (Å²) in [5, 5.41) is 0. The van der Waals surface area contributed by atoms with Gasteiger partial charge in [-0.2, -0.15) is 0 Å². The molecule has 8 heteroatoms. The summed E-state index contributed by atoms with van der Waals surface area (Å²) in [5.74, 6) is 0.736. The minimum absolute atomic E-state index is 0.00809. The largest absolute Gasteiger partial charge is 0.513 e. The SMILES string of the molecule is COc1ccc(/C(=C/C=C/c2ccc(N(c3ccc(C)cc3)c3ccc(C)cc3)cc2)c2ccc(OC(=O)OCCOCCOC(C)=O)cc2)cc1. The number of hydrogen-bond donors (Lipinski definition) is 0. The van der Waals surface area contributed by atoms with Crippen LogP contribution in [0.25, 0.3) is 11.6 Å². The number of rotatable bonds is 15. The topological polar surface area (TPSA) is 83.5 Å². The van der Waals surface area contributed by atoms with Gasteiger partial charge in [0.15, 0.2) is 0 Å². The summed E-state index contributed by atoms with van der Waals surface area (Å²) < 4.78 is 25.8. The lowest BCUT2D eigenvalue weighted by Gasteiger charge is -2.25. The molecule has 0 amide bonds. The molecule has 0 saturated heterocycles. The number of benzene rings is 5. The number of ether oxygens (including phenoxy) is 5. The lowest BCUT2D eigenvalue weighted by molar-refractivity contribution is -0.142. The highest BCUT2D eigenvalue weighted by Gasteiger charge is 2.13. The van der Waals surface area contributed by atoms with Crippen molar-refractivity contribution in [3.8, 4) is 11.5 Å². The van der Waals surface area contributed by atoms with E-state index in [9.17, 15) is 9.59 Å². The highest BCUT2D eigenvalue weighted by molar-refractivity contribution is 5.82. The number of nitrogens with zero attached hydrogens (tertiary/aromatic N) is 1. The van der Waals surface area contributed by atoms with Crippen LogP contribution in [0.15, 0.2) is 133 Å². The third kappa shape index (κ3) is 10.9. The molecule has 5 rings (SSSR count). The van der Waals surface area contributed by atoms with Crippen LogP contribution in [0.5, 0.6) is 11.5 Å². The van der Waals surface area contributed by atoms with Gasteiger partial charge in [0.05, 0.1) is 20.3 Å². The predicted molar refractivity (Wildman–Crippen MR) is 206 cm³/mol. The van der Waals surface area contributed by atoms with E-state index in [-0.39, 0.29) is 32.4 Å². The number of carbonyl (C=O) groups excluding carboxylic acids is 2. The Morgan fingerprint density at radius 3 is 1.58 bits per heavy atom. The van der Waals surface area contributed by atoms with Crippen LogP contribution in [0.3, 0.4) is 0 Å². The first-order valence-electron chi connectivity index (χ1n) is 17.0. The van der Waals surface area contributed by atoms with Crippen LogP contribution >= 0.6 is 0 Å². The number of methoxy groups -OCH3 is 1. The lowest BCUT2D eigenvalue weighted by atomic mass is 9.97. The van der Waals surface area contributed by atoms with E-state index < -0.39 is 6.16 Å². The third-order valence-electron chi connectivity index (χ3n) is 8.04. The van der Waals surface area contributed by atoms with Gasteiger partial charge in [0.25, 0.3) is 0 Å². The van der Waals surface area contributed by atoms with Crippen LogP contribution in [0, 0.1) is 13.8 Å². The summed E-state index contributed by atoms with van der Waals surface area (Å²) in [6, 6.07) is 40.7. The second-order valence-electron chi connectivity index (χ2n) is 11.9. The molecule has 266 valence electrons. The van der Waals surface area contributed by atoms with Gasteiger partial charge in [0, 0.05) is 24.0 Å². The Labute approximate surface area is 305 Å². The first-order valence-corrected chi connectivity index (χ1v) is 17.0. The Morgan fingerprint density at radius 1 is 0.596 bits per heavy atom. The van der Waals surface area contributed by atoms with Crippen LogP contribution in [0.4, 0.5) is 21.9 Å². The summed E-state index contributed by atoms with van der Waals surface area (Å²) in [4.78, 5) is 25.2. The van der Waals surface area contributed by atoms with Crippen LogP contribution < -0.4 is 14.4 Å². The first-order chi connectivity index (χ1) is 25.3. The van der Waals surface area contributed by atoms with E-state index in [4.69, 9.17) is 23.7 Å². The van der Waals surface area contributed by atoms with Crippen molar-refractivity contribution in [1.29, 1.82) is 0 Å². The van der Waals surface area contributed by atoms with E-state index >= 15 is 0 Å². The van der Waals surface area contributed by atoms with E-state index in [2.05, 4.69) is 104 Å². The summed E-state index contributed by atoms with van der Waals surface area (Å²) in [5.41, 5.74) is 9.64. The zero-order valence-corrected chi connectivity index (χ0v) is 29.9. The molecule has 0 heterocycles. The quantitative estimate of drug-likeness (QED) is 0.0463. The summed E-state index contributed by atoms with van der Waals surface area (Å²) in [6.45, 7) is 6.04. The molecule has 0 saturated carbocycles. The van der Waals surface area contributed by atoms with Gasteiger partial charge in [-0.05, 0) is 96.8 Å². The second-order valence-corrected chi connectivity index (χ2v) is 11.9. The van der Waals surface area contributed by atoms with Crippen LogP contribution in [-0.4, -0.2) is 45.7 Å². The van der Waals surface area contributed by atoms with Gasteiger partial charge in [0.2, 0.25) is 0 Å². The molecule has 0 aliphatic carbocycles. The molecule has 8 nitrogen and oxygen atoms in total. The van der Waals surface area contributed by atoms with Crippen molar-refractivity contribution in [1.82, 2.24) is 0 Å². The molecule has 0 unspecified atom stereocenters. The van der Waals surface area contributed by atoms with Gasteiger partial charge in [-0.15, -0.1) is 0 Å². The molecule has 0 bridgehead atoms. The third-order valence-corrected chi connectivity index (χ3v) is 8.04. The minimum atomic E-state index is -0.836. The van der Waals surface area contributed by atoms with Crippen molar-refractivity contribution in [3.63, 3.8) is 0 Å². The van der Waals surface area contributed by atoms with Crippen molar-refractivity contribution in [3.05, 3.63) is 161 Å². The van der Waals surface area contributed by atoms with Crippen molar-refractivity contribution in [2.24, 2.45) is 0 Å². The molecule has 0 aliphatic heterocycles. The molecule has 0 spiro atoms. The van der Waals surface area contributed by atoms with E-state index in [1.165, 1.54) is 18.1 Å². The monoisotopic (exact) mass is 697 g/mol. The number of hydrogen-bond acceptors (Lipinski definition) is 8. The fourth-order valence-corrected chi connectivity index (χ4v) is 5.31. The number of anilines is 3. The molecule has 0 atom stereocenters. The Balaban J connectivity index is 1.29. The summed E-state index contributed by atoms with van der Waals surface area (Å²) in [6.07, 6.45) is 5.33. The molecule has 0 N–H and O–H groups in total. The van der Waals surface area contributed by atoms with E-state index in [1.54, 1.807) is 19.2 Å². The maximum Gasteiger partial charge on any atom is 0.513 e. The van der Waals surface area contributed by atoms with Crippen LogP contribution in [-0.2, 0) is 19.0 Å². The minimum Gasteiger partial charge on any atom is -0.497 e. The number of allylic oxidation sites excluding steroid dienone is 2. The molecule has 52 heavy (non-hydrogen) atoms. The molecule has 5 aromatic carbocycles. The Kier molecular flexibility index (Phi) is 13.4. The molecular weight excluding hydrogens is 654 g/mol. The number of carbonyl (C=O) groups is 2. The average Bonchev–Trinajstić information content (AvgIpc) is 3.15. The average molecular weight is 698 g/mol. The van der Waals surface area contributed by atoms with Gasteiger partial charge in [-0.1, -0.05) is 90.0 Å². The van der Waals surface area contributed by atoms with Crippen LogP contribution in [0.2, 0.25) is 0 Å². The van der Waals surface area contributed by atoms with E-state index in [1.807, 2.05) is 42.5 Å². The number of aryl methyl sites for hydroxylation is 2. The van der Waals surface area contributed by atoms with Crippen molar-refractivity contribution < 1.29 is 33.3 Å². The molecular formula is C44H43NO7. The standard InChI is InChI=1S/C44H43NO7/c1-32-8-18-38(19-9-32)45(39-20-10-33(2)11-21-39)40-22-12-35(13-23-40)6-5-7-43(36-14-24-41(48-4)25-15-36)37-16-26-42(27-17-37)52-44(47)51-31-29-49-28-30-50-34(3)46/h5-27H,28-31H2,1-4H3/b6-5+,43-7-. The molecule has 0 aromatic heterocycles. The van der Waals surface area contributed by atoms with E-state index in [0.29, 0.717) is 5.75 Å². The van der Waals surface area contributed by atoms with E-state index in [0.717, 1.165) is 45.1 Å². The highest BCUT2D eigenvalue weighted by Crippen LogP contribution is 2.35. The lowest BCUT2D eigenvalue weighted by Crippen LogP contribution is -2.16. The maximum atomic E-state index is 12.2. The highest BCUT2D eigenvalue weighted by atomic mass is 16.7. The van der Waals surface area contributed by atoms with Crippen molar-refractivity contribution in [2.75, 3.05) is 38.4 Å². The van der Waals surface area contributed by atoms with Gasteiger partial charge < -0.3 is 28.6 Å². The predicted octanol–water partition coefficient (Wildman–Crippen LogP) is 10.0. The fraction of sp³-hybridized carbons (Fsp3) is 0.182. The first kappa shape index (κ1) is 37.1. The summed E-state index contributed by atoms with van der Waals surface area (Å²) in [7, 11) is 1.64. The summed E-state index contributed by atoms with van der Waals surface area (Å²) >= 11 is 0. The fourth-order valence-electron chi connectivity index (χ4n) is 5.31. The Hall–Kier alpha value is -6.12. The molecule has 0 aliphatic rings. The second kappa shape index (κ2) is 18.8. The van der Waals surface area contributed by atoms with Gasteiger partial charge >= 0.3 is 12.1 Å². The zero-order valence-electron chi connectivity index (χ0n) is 29.9. The maximum absolute atomic E-state index is 12.2. The number of esters is 1. The van der Waals surface area contributed by atoms with Crippen molar-refractivity contribution in [2.45, 2.75) is 20.8 Å². The molecule has 0 radical (unpaired) electrons. The van der Waals surface area contributed by atoms with Crippen LogP contribution in [0.1, 0.15) is 34.7 Å². The Bertz CT molecular complexity index is 1900.